The van der Waals surface area contributed by atoms with Gasteiger partial charge in [0.05, 0.1) is 17.8 Å². The zero-order valence-corrected chi connectivity index (χ0v) is 8.59. The Kier molecular flexibility index (Phi) is 3.32. The molecule has 1 N–H and O–H groups in total. The van der Waals surface area contributed by atoms with Gasteiger partial charge in [-0.2, -0.15) is 0 Å². The van der Waals surface area contributed by atoms with E-state index in [0.717, 1.165) is 25.3 Å². The first kappa shape index (κ1) is 9.43. The van der Waals surface area contributed by atoms with Gasteiger partial charge in [-0.1, -0.05) is 0 Å². The van der Waals surface area contributed by atoms with E-state index in [9.17, 15) is 0 Å². The fourth-order valence-electron chi connectivity index (χ4n) is 1.20. The van der Waals surface area contributed by atoms with Gasteiger partial charge in [0.25, 0.3) is 0 Å². The molecule has 0 radical (unpaired) electrons. The van der Waals surface area contributed by atoms with Crippen LogP contribution < -0.4 is 5.32 Å². The Morgan fingerprint density at radius 1 is 1.50 bits per heavy atom. The maximum Gasteiger partial charge on any atom is 0.117 e. The van der Waals surface area contributed by atoms with Gasteiger partial charge >= 0.3 is 0 Å². The minimum Gasteiger partial charge on any atom is -0.468 e. The summed E-state index contributed by atoms with van der Waals surface area (Å²) in [5.74, 6) is 0.976. The predicted octanol–water partition coefficient (Wildman–Crippen LogP) is 2.07. The lowest BCUT2D eigenvalue weighted by atomic mass is 10.4. The number of nitrogens with one attached hydrogen (secondary N) is 1. The number of thiazole rings is 1. The molecule has 0 bridgehead atoms. The zero-order valence-electron chi connectivity index (χ0n) is 7.77. The Morgan fingerprint density at radius 3 is 3.21 bits per heavy atom. The van der Waals surface area contributed by atoms with Gasteiger partial charge < -0.3 is 9.73 Å². The average Bonchev–Trinajstić information content (AvgIpc) is 2.86. The number of rotatable bonds is 5. The van der Waals surface area contributed by atoms with E-state index in [-0.39, 0.29) is 0 Å². The molecule has 0 aliphatic carbocycles. The third-order valence-electron chi connectivity index (χ3n) is 1.88. The Morgan fingerprint density at radius 2 is 2.50 bits per heavy atom. The zero-order chi connectivity index (χ0) is 9.64. The molecule has 0 saturated carbocycles. The van der Waals surface area contributed by atoms with E-state index >= 15 is 0 Å². The molecule has 0 aromatic carbocycles. The van der Waals surface area contributed by atoms with Crippen molar-refractivity contribution >= 4 is 11.3 Å². The van der Waals surface area contributed by atoms with E-state index in [1.165, 1.54) is 5.01 Å². The molecule has 2 rings (SSSR count). The molecule has 2 heterocycles. The number of hydrogen-bond acceptors (Lipinski definition) is 4. The van der Waals surface area contributed by atoms with Gasteiger partial charge in [-0.3, -0.25) is 0 Å². The highest BCUT2D eigenvalue weighted by molar-refractivity contribution is 7.09. The van der Waals surface area contributed by atoms with Crippen molar-refractivity contribution < 1.29 is 4.42 Å². The molecule has 0 aliphatic rings. The van der Waals surface area contributed by atoms with Crippen molar-refractivity contribution in [2.24, 2.45) is 0 Å². The summed E-state index contributed by atoms with van der Waals surface area (Å²) in [5.41, 5.74) is 0. The highest BCUT2D eigenvalue weighted by Gasteiger charge is 1.96. The van der Waals surface area contributed by atoms with Gasteiger partial charge in [0.15, 0.2) is 0 Å². The third-order valence-corrected chi connectivity index (χ3v) is 2.72. The summed E-state index contributed by atoms with van der Waals surface area (Å²) in [6.07, 6.45) is 4.52. The fraction of sp³-hybridized carbons (Fsp3) is 0.300. The summed E-state index contributed by atoms with van der Waals surface area (Å²) in [6, 6.07) is 3.87. The quantitative estimate of drug-likeness (QED) is 0.764. The molecule has 0 fully saturated rings. The van der Waals surface area contributed by atoms with Gasteiger partial charge in [0, 0.05) is 24.5 Å². The number of furan rings is 1. The molecule has 0 unspecified atom stereocenters. The number of nitrogens with zero attached hydrogens (tertiary/aromatic N) is 1. The first-order chi connectivity index (χ1) is 6.95. The molecule has 0 saturated heterocycles. The van der Waals surface area contributed by atoms with Crippen LogP contribution in [-0.2, 0) is 13.0 Å². The summed E-state index contributed by atoms with van der Waals surface area (Å²) in [4.78, 5) is 4.21. The van der Waals surface area contributed by atoms with Gasteiger partial charge in [0.1, 0.15) is 5.76 Å². The van der Waals surface area contributed by atoms with Crippen molar-refractivity contribution in [2.75, 3.05) is 6.54 Å². The van der Waals surface area contributed by atoms with Crippen molar-refractivity contribution in [3.05, 3.63) is 40.7 Å². The Labute approximate surface area is 86.8 Å². The molecule has 74 valence electrons. The summed E-state index contributed by atoms with van der Waals surface area (Å²) in [6.45, 7) is 1.73. The smallest absolute Gasteiger partial charge is 0.117 e. The van der Waals surface area contributed by atoms with E-state index in [1.54, 1.807) is 17.6 Å². The van der Waals surface area contributed by atoms with E-state index in [2.05, 4.69) is 10.3 Å². The van der Waals surface area contributed by atoms with Crippen LogP contribution in [0.2, 0.25) is 0 Å². The minimum absolute atomic E-state index is 0.790. The van der Waals surface area contributed by atoms with Gasteiger partial charge in [-0.05, 0) is 12.1 Å². The second-order valence-electron chi connectivity index (χ2n) is 2.93. The SMILES string of the molecule is c1coc(CNCCc2nccs2)c1. The predicted molar refractivity (Wildman–Crippen MR) is 56.2 cm³/mol. The Hall–Kier alpha value is -1.13. The lowest BCUT2D eigenvalue weighted by Gasteiger charge is -1.99. The van der Waals surface area contributed by atoms with Crippen molar-refractivity contribution in [1.82, 2.24) is 10.3 Å². The second-order valence-corrected chi connectivity index (χ2v) is 3.91. The normalized spacial score (nSPS) is 10.6. The van der Waals surface area contributed by atoms with Crippen LogP contribution in [0.5, 0.6) is 0 Å². The van der Waals surface area contributed by atoms with Gasteiger partial charge in [0.2, 0.25) is 0 Å². The largest absolute Gasteiger partial charge is 0.468 e. The van der Waals surface area contributed by atoms with Crippen LogP contribution in [0.15, 0.2) is 34.4 Å². The summed E-state index contributed by atoms with van der Waals surface area (Å²) in [5, 5.41) is 6.48. The van der Waals surface area contributed by atoms with Crippen molar-refractivity contribution in [3.63, 3.8) is 0 Å². The highest BCUT2D eigenvalue weighted by atomic mass is 32.1. The van der Waals surface area contributed by atoms with Gasteiger partial charge in [-0.15, -0.1) is 11.3 Å². The first-order valence-corrected chi connectivity index (χ1v) is 5.44. The van der Waals surface area contributed by atoms with Crippen LogP contribution in [0, 0.1) is 0 Å². The molecule has 0 amide bonds. The molecule has 0 spiro atoms. The van der Waals surface area contributed by atoms with Crippen LogP contribution in [0.1, 0.15) is 10.8 Å². The lowest BCUT2D eigenvalue weighted by Crippen LogP contribution is -2.16. The average molecular weight is 208 g/mol. The molecule has 0 aliphatic heterocycles. The third kappa shape index (κ3) is 2.68. The fourth-order valence-corrected chi connectivity index (χ4v) is 1.82. The number of hydrogen-bond donors (Lipinski definition) is 1. The van der Waals surface area contributed by atoms with Crippen LogP contribution in [0.3, 0.4) is 0 Å². The van der Waals surface area contributed by atoms with Crippen LogP contribution in [0.4, 0.5) is 0 Å². The standard InChI is InChI=1S/C10H12N2OS/c1-2-9(13-6-1)8-11-4-3-10-12-5-7-14-10/h1-2,5-7,11H,3-4,8H2. The molecular formula is C10H12N2OS. The molecule has 2 aromatic rings. The first-order valence-electron chi connectivity index (χ1n) is 4.56. The molecule has 14 heavy (non-hydrogen) atoms. The van der Waals surface area contributed by atoms with E-state index in [1.807, 2.05) is 23.7 Å². The van der Waals surface area contributed by atoms with Gasteiger partial charge in [-0.25, -0.2) is 4.98 Å². The Bertz CT molecular complexity index is 306. The summed E-state index contributed by atoms with van der Waals surface area (Å²) in [7, 11) is 0. The monoisotopic (exact) mass is 208 g/mol. The molecule has 0 atom stereocenters. The maximum absolute atomic E-state index is 5.20. The maximum atomic E-state index is 5.20. The topological polar surface area (TPSA) is 38.1 Å². The van der Waals surface area contributed by atoms with Crippen molar-refractivity contribution in [1.29, 1.82) is 0 Å². The number of aromatic nitrogens is 1. The molecule has 3 nitrogen and oxygen atoms in total. The van der Waals surface area contributed by atoms with Crippen LogP contribution >= 0.6 is 11.3 Å². The van der Waals surface area contributed by atoms with Crippen LogP contribution in [0.25, 0.3) is 0 Å². The minimum atomic E-state index is 0.790. The molecule has 2 aromatic heterocycles. The van der Waals surface area contributed by atoms with Crippen LogP contribution in [-0.4, -0.2) is 11.5 Å². The molecule has 4 heteroatoms. The van der Waals surface area contributed by atoms with Crippen molar-refractivity contribution in [2.45, 2.75) is 13.0 Å². The van der Waals surface area contributed by atoms with E-state index in [4.69, 9.17) is 4.42 Å². The van der Waals surface area contributed by atoms with Crippen molar-refractivity contribution in [3.8, 4) is 0 Å². The summed E-state index contributed by atoms with van der Waals surface area (Å²) < 4.78 is 5.20. The molecular weight excluding hydrogens is 196 g/mol. The summed E-state index contributed by atoms with van der Waals surface area (Å²) >= 11 is 1.70. The second kappa shape index (κ2) is 4.93. The lowest BCUT2D eigenvalue weighted by molar-refractivity contribution is 0.484. The Balaban J connectivity index is 1.65. The highest BCUT2D eigenvalue weighted by Crippen LogP contribution is 2.04. The van der Waals surface area contributed by atoms with E-state index in [0.29, 0.717) is 0 Å². The van der Waals surface area contributed by atoms with E-state index < -0.39 is 0 Å².